The summed E-state index contributed by atoms with van der Waals surface area (Å²) in [4.78, 5) is 25.4. The Hall–Kier alpha value is -2.82. The molecule has 0 aliphatic heterocycles. The Balaban J connectivity index is 2.24. The zero-order valence-electron chi connectivity index (χ0n) is 14.9. The Morgan fingerprint density at radius 3 is 2.48 bits per heavy atom. The molecule has 0 spiro atoms. The van der Waals surface area contributed by atoms with Gasteiger partial charge < -0.3 is 15.0 Å². The van der Waals surface area contributed by atoms with Crippen molar-refractivity contribution in [3.05, 3.63) is 60.2 Å². The first kappa shape index (κ1) is 18.5. The molecular formula is C20H24N2O3. The van der Waals surface area contributed by atoms with Gasteiger partial charge >= 0.3 is 5.97 Å². The van der Waals surface area contributed by atoms with Crippen molar-refractivity contribution < 1.29 is 14.3 Å². The molecule has 25 heavy (non-hydrogen) atoms. The van der Waals surface area contributed by atoms with Crippen molar-refractivity contribution in [3.63, 3.8) is 0 Å². The minimum Gasteiger partial charge on any atom is -0.467 e. The summed E-state index contributed by atoms with van der Waals surface area (Å²) in [6.07, 6.45) is 0.798. The van der Waals surface area contributed by atoms with Crippen molar-refractivity contribution in [2.75, 3.05) is 23.9 Å². The van der Waals surface area contributed by atoms with Crippen LogP contribution in [0, 0.1) is 0 Å². The summed E-state index contributed by atoms with van der Waals surface area (Å²) in [6, 6.07) is 17.2. The first-order valence-electron chi connectivity index (χ1n) is 8.27. The van der Waals surface area contributed by atoms with Crippen LogP contribution in [0.25, 0.3) is 0 Å². The van der Waals surface area contributed by atoms with Gasteiger partial charge in [-0.05, 0) is 37.1 Å². The van der Waals surface area contributed by atoms with Gasteiger partial charge in [-0.25, -0.2) is 4.79 Å². The molecule has 0 heterocycles. The number of hydrogen-bond acceptors (Lipinski definition) is 4. The molecule has 2 aromatic rings. The standard InChI is InChI=1S/C20H24N2O3/c1-15(20(24)25-3)22(13-12-17-8-5-4-6-9-17)19-11-7-10-18(14-19)21-16(2)23/h4-11,14-15H,12-13H2,1-3H3,(H,21,23). The average Bonchev–Trinajstić information content (AvgIpc) is 2.61. The molecule has 0 saturated carbocycles. The van der Waals surface area contributed by atoms with Gasteiger partial charge in [-0.15, -0.1) is 0 Å². The van der Waals surface area contributed by atoms with Gasteiger partial charge in [0.1, 0.15) is 6.04 Å². The highest BCUT2D eigenvalue weighted by Gasteiger charge is 2.22. The topological polar surface area (TPSA) is 58.6 Å². The van der Waals surface area contributed by atoms with Crippen LogP contribution >= 0.6 is 0 Å². The van der Waals surface area contributed by atoms with Crippen LogP contribution in [0.5, 0.6) is 0 Å². The van der Waals surface area contributed by atoms with Gasteiger partial charge in [0, 0.05) is 24.8 Å². The molecule has 0 aromatic heterocycles. The number of amides is 1. The number of carbonyl (C=O) groups excluding carboxylic acids is 2. The van der Waals surface area contributed by atoms with E-state index in [-0.39, 0.29) is 11.9 Å². The molecule has 132 valence electrons. The summed E-state index contributed by atoms with van der Waals surface area (Å²) in [6.45, 7) is 3.95. The highest BCUT2D eigenvalue weighted by atomic mass is 16.5. The maximum Gasteiger partial charge on any atom is 0.328 e. The Kier molecular flexibility index (Phi) is 6.57. The number of anilines is 2. The van der Waals surface area contributed by atoms with Gasteiger partial charge in [0.15, 0.2) is 0 Å². The van der Waals surface area contributed by atoms with Crippen molar-refractivity contribution in [3.8, 4) is 0 Å². The lowest BCUT2D eigenvalue weighted by atomic mass is 10.1. The van der Waals surface area contributed by atoms with E-state index in [1.165, 1.54) is 19.6 Å². The molecule has 1 N–H and O–H groups in total. The van der Waals surface area contributed by atoms with Crippen molar-refractivity contribution >= 4 is 23.3 Å². The Morgan fingerprint density at radius 1 is 1.12 bits per heavy atom. The van der Waals surface area contributed by atoms with Gasteiger partial charge in [-0.1, -0.05) is 36.4 Å². The molecule has 0 radical (unpaired) electrons. The van der Waals surface area contributed by atoms with E-state index in [0.29, 0.717) is 12.2 Å². The van der Waals surface area contributed by atoms with E-state index in [9.17, 15) is 9.59 Å². The SMILES string of the molecule is COC(=O)C(C)N(CCc1ccccc1)c1cccc(NC(C)=O)c1. The average molecular weight is 340 g/mol. The lowest BCUT2D eigenvalue weighted by Crippen LogP contribution is -2.41. The van der Waals surface area contributed by atoms with Crippen LogP contribution in [0.15, 0.2) is 54.6 Å². The third-order valence-corrected chi connectivity index (χ3v) is 3.99. The summed E-state index contributed by atoms with van der Waals surface area (Å²) in [5, 5.41) is 2.77. The second-order valence-corrected chi connectivity index (χ2v) is 5.86. The monoisotopic (exact) mass is 340 g/mol. The fourth-order valence-corrected chi connectivity index (χ4v) is 2.70. The Labute approximate surface area is 148 Å². The zero-order chi connectivity index (χ0) is 18.2. The third kappa shape index (κ3) is 5.35. The van der Waals surface area contributed by atoms with E-state index in [4.69, 9.17) is 4.74 Å². The first-order valence-corrected chi connectivity index (χ1v) is 8.27. The molecule has 0 bridgehead atoms. The number of benzene rings is 2. The number of carbonyl (C=O) groups is 2. The molecule has 1 amide bonds. The predicted molar refractivity (Wildman–Crippen MR) is 99.7 cm³/mol. The normalized spacial score (nSPS) is 11.5. The highest BCUT2D eigenvalue weighted by Crippen LogP contribution is 2.22. The number of nitrogens with zero attached hydrogens (tertiary/aromatic N) is 1. The molecule has 1 unspecified atom stereocenters. The van der Waals surface area contributed by atoms with Crippen LogP contribution < -0.4 is 10.2 Å². The quantitative estimate of drug-likeness (QED) is 0.786. The van der Waals surface area contributed by atoms with E-state index in [0.717, 1.165) is 12.1 Å². The van der Waals surface area contributed by atoms with Gasteiger partial charge in [-0.3, -0.25) is 4.79 Å². The second kappa shape index (κ2) is 8.87. The molecule has 2 aromatic carbocycles. The lowest BCUT2D eigenvalue weighted by Gasteiger charge is -2.30. The van der Waals surface area contributed by atoms with E-state index >= 15 is 0 Å². The largest absolute Gasteiger partial charge is 0.467 e. The summed E-state index contributed by atoms with van der Waals surface area (Å²) >= 11 is 0. The molecule has 0 aliphatic carbocycles. The summed E-state index contributed by atoms with van der Waals surface area (Å²) in [7, 11) is 1.39. The van der Waals surface area contributed by atoms with E-state index in [1.54, 1.807) is 0 Å². The number of rotatable bonds is 7. The van der Waals surface area contributed by atoms with Crippen LogP contribution in [-0.2, 0) is 20.7 Å². The maximum atomic E-state index is 12.1. The van der Waals surface area contributed by atoms with Crippen LogP contribution in [0.2, 0.25) is 0 Å². The van der Waals surface area contributed by atoms with Gasteiger partial charge in [0.25, 0.3) is 0 Å². The van der Waals surface area contributed by atoms with Crippen molar-refractivity contribution in [2.24, 2.45) is 0 Å². The third-order valence-electron chi connectivity index (χ3n) is 3.99. The number of esters is 1. The van der Waals surface area contributed by atoms with Crippen LogP contribution in [0.4, 0.5) is 11.4 Å². The van der Waals surface area contributed by atoms with Gasteiger partial charge in [0.2, 0.25) is 5.91 Å². The van der Waals surface area contributed by atoms with Gasteiger partial charge in [0.05, 0.1) is 7.11 Å². The number of methoxy groups -OCH3 is 1. The summed E-state index contributed by atoms with van der Waals surface area (Å²) in [5.41, 5.74) is 2.76. The van der Waals surface area contributed by atoms with Crippen LogP contribution in [-0.4, -0.2) is 31.6 Å². The minimum absolute atomic E-state index is 0.131. The van der Waals surface area contributed by atoms with Crippen molar-refractivity contribution in [1.29, 1.82) is 0 Å². The van der Waals surface area contributed by atoms with E-state index in [1.807, 2.05) is 54.3 Å². The fraction of sp³-hybridized carbons (Fsp3) is 0.300. The summed E-state index contributed by atoms with van der Waals surface area (Å²) < 4.78 is 4.91. The molecule has 5 heteroatoms. The molecule has 0 fully saturated rings. The highest BCUT2D eigenvalue weighted by molar-refractivity contribution is 5.89. The molecule has 5 nitrogen and oxygen atoms in total. The first-order chi connectivity index (χ1) is 12.0. The summed E-state index contributed by atoms with van der Waals surface area (Å²) in [5.74, 6) is -0.424. The Bertz CT molecular complexity index is 716. The van der Waals surface area contributed by atoms with Crippen molar-refractivity contribution in [2.45, 2.75) is 26.3 Å². The smallest absolute Gasteiger partial charge is 0.328 e. The van der Waals surface area contributed by atoms with Gasteiger partial charge in [-0.2, -0.15) is 0 Å². The van der Waals surface area contributed by atoms with Crippen molar-refractivity contribution in [1.82, 2.24) is 0 Å². The lowest BCUT2D eigenvalue weighted by molar-refractivity contribution is -0.141. The zero-order valence-corrected chi connectivity index (χ0v) is 14.9. The predicted octanol–water partition coefficient (Wildman–Crippen LogP) is 3.26. The number of nitrogens with one attached hydrogen (secondary N) is 1. The van der Waals surface area contributed by atoms with E-state index < -0.39 is 6.04 Å². The molecule has 1 atom stereocenters. The number of hydrogen-bond donors (Lipinski definition) is 1. The molecule has 0 saturated heterocycles. The fourth-order valence-electron chi connectivity index (χ4n) is 2.70. The molecule has 0 aliphatic rings. The minimum atomic E-state index is -0.429. The van der Waals surface area contributed by atoms with E-state index in [2.05, 4.69) is 17.4 Å². The van der Waals surface area contributed by atoms with Crippen LogP contribution in [0.3, 0.4) is 0 Å². The molecule has 2 rings (SSSR count). The number of ether oxygens (including phenoxy) is 1. The second-order valence-electron chi connectivity index (χ2n) is 5.86. The maximum absolute atomic E-state index is 12.1. The molecular weight excluding hydrogens is 316 g/mol. The Morgan fingerprint density at radius 2 is 1.84 bits per heavy atom. The van der Waals surface area contributed by atoms with Crippen LogP contribution in [0.1, 0.15) is 19.4 Å².